The molecule has 1 heterocycles. The van der Waals surface area contributed by atoms with Crippen molar-refractivity contribution in [2.75, 3.05) is 11.1 Å². The van der Waals surface area contributed by atoms with E-state index in [1.54, 1.807) is 11.8 Å². The van der Waals surface area contributed by atoms with Gasteiger partial charge in [0, 0.05) is 11.4 Å². The third kappa shape index (κ3) is 3.31. The first-order valence-electron chi connectivity index (χ1n) is 6.59. The molecule has 0 radical (unpaired) electrons. The van der Waals surface area contributed by atoms with Crippen LogP contribution in [-0.4, -0.2) is 22.6 Å². The van der Waals surface area contributed by atoms with E-state index in [-0.39, 0.29) is 16.8 Å². The molecule has 1 aromatic carbocycles. The van der Waals surface area contributed by atoms with E-state index in [1.165, 1.54) is 5.56 Å². The van der Waals surface area contributed by atoms with Gasteiger partial charge in [-0.05, 0) is 45.7 Å². The highest BCUT2D eigenvalue weighted by Gasteiger charge is 2.34. The van der Waals surface area contributed by atoms with Crippen molar-refractivity contribution in [3.63, 3.8) is 0 Å². The van der Waals surface area contributed by atoms with E-state index in [4.69, 9.17) is 0 Å². The molecular weight excluding hydrogens is 256 g/mol. The maximum Gasteiger partial charge on any atom is 0.242 e. The normalized spacial score (nSPS) is 21.4. The highest BCUT2D eigenvalue weighted by Crippen LogP contribution is 2.30. The summed E-state index contributed by atoms with van der Waals surface area (Å²) in [6.07, 6.45) is 0. The van der Waals surface area contributed by atoms with Crippen molar-refractivity contribution in [1.82, 2.24) is 5.32 Å². The maximum atomic E-state index is 12.3. The molecule has 19 heavy (non-hydrogen) atoms. The second-order valence-corrected chi connectivity index (χ2v) is 7.42. The van der Waals surface area contributed by atoms with Crippen LogP contribution < -0.4 is 10.6 Å². The third-order valence-electron chi connectivity index (χ3n) is 3.37. The number of anilines is 1. The van der Waals surface area contributed by atoms with E-state index >= 15 is 0 Å². The minimum Gasteiger partial charge on any atom is -0.324 e. The minimum absolute atomic E-state index is 0.0145. The SMILES string of the molecule is Cc1cc(C)c(NC(=O)[C@@H]2CSC(C)(C)N2)c(C)c1. The van der Waals surface area contributed by atoms with Gasteiger partial charge in [0.25, 0.3) is 0 Å². The molecule has 1 aliphatic rings. The van der Waals surface area contributed by atoms with Gasteiger partial charge >= 0.3 is 0 Å². The Labute approximate surface area is 119 Å². The molecule has 1 saturated heterocycles. The summed E-state index contributed by atoms with van der Waals surface area (Å²) in [5.74, 6) is 0.885. The van der Waals surface area contributed by atoms with Gasteiger partial charge in [-0.25, -0.2) is 0 Å². The number of carbonyl (C=O) groups is 1. The van der Waals surface area contributed by atoms with Gasteiger partial charge in [0.15, 0.2) is 0 Å². The minimum atomic E-state index is -0.111. The van der Waals surface area contributed by atoms with E-state index in [1.807, 2.05) is 13.8 Å². The van der Waals surface area contributed by atoms with Crippen molar-refractivity contribution in [2.45, 2.75) is 45.5 Å². The van der Waals surface area contributed by atoms with Gasteiger partial charge in [-0.15, -0.1) is 11.8 Å². The van der Waals surface area contributed by atoms with Crippen LogP contribution in [0.4, 0.5) is 5.69 Å². The first-order chi connectivity index (χ1) is 8.78. The van der Waals surface area contributed by atoms with Crippen molar-refractivity contribution < 1.29 is 4.79 Å². The molecule has 0 aliphatic carbocycles. The zero-order chi connectivity index (χ0) is 14.2. The summed E-state index contributed by atoms with van der Waals surface area (Å²) < 4.78 is 0. The average Bonchev–Trinajstić information content (AvgIpc) is 2.64. The number of nitrogens with one attached hydrogen (secondary N) is 2. The molecule has 1 aromatic rings. The van der Waals surface area contributed by atoms with Crippen molar-refractivity contribution >= 4 is 23.4 Å². The van der Waals surface area contributed by atoms with E-state index in [9.17, 15) is 4.79 Å². The van der Waals surface area contributed by atoms with Crippen LogP contribution in [0, 0.1) is 20.8 Å². The lowest BCUT2D eigenvalue weighted by Crippen LogP contribution is -2.44. The van der Waals surface area contributed by atoms with E-state index in [0.717, 1.165) is 22.6 Å². The summed E-state index contributed by atoms with van der Waals surface area (Å²) in [7, 11) is 0. The molecule has 0 saturated carbocycles. The van der Waals surface area contributed by atoms with Gasteiger partial charge in [0.1, 0.15) is 0 Å². The molecule has 4 heteroatoms. The summed E-state index contributed by atoms with van der Waals surface area (Å²) in [5.41, 5.74) is 4.42. The summed E-state index contributed by atoms with van der Waals surface area (Å²) in [4.78, 5) is 12.3. The van der Waals surface area contributed by atoms with Crippen LogP contribution in [0.1, 0.15) is 30.5 Å². The number of carbonyl (C=O) groups excluding carboxylic acids is 1. The van der Waals surface area contributed by atoms with E-state index in [0.29, 0.717) is 0 Å². The Morgan fingerprint density at radius 2 is 1.89 bits per heavy atom. The van der Waals surface area contributed by atoms with Gasteiger partial charge in [0.2, 0.25) is 5.91 Å². The molecule has 1 fully saturated rings. The fourth-order valence-corrected chi connectivity index (χ4v) is 3.57. The fourth-order valence-electron chi connectivity index (χ4n) is 2.52. The summed E-state index contributed by atoms with van der Waals surface area (Å²) in [5, 5.41) is 6.42. The Hall–Kier alpha value is -1.00. The van der Waals surface area contributed by atoms with Crippen molar-refractivity contribution in [1.29, 1.82) is 0 Å². The molecule has 0 aromatic heterocycles. The average molecular weight is 278 g/mol. The number of rotatable bonds is 2. The second-order valence-electron chi connectivity index (χ2n) is 5.78. The van der Waals surface area contributed by atoms with E-state index < -0.39 is 0 Å². The summed E-state index contributed by atoms with van der Waals surface area (Å²) in [6, 6.07) is 4.09. The smallest absolute Gasteiger partial charge is 0.242 e. The Bertz CT molecular complexity index is 488. The molecule has 104 valence electrons. The summed E-state index contributed by atoms with van der Waals surface area (Å²) >= 11 is 1.79. The van der Waals surface area contributed by atoms with Gasteiger partial charge in [-0.1, -0.05) is 17.7 Å². The molecule has 3 nitrogen and oxygen atoms in total. The standard InChI is InChI=1S/C15H22N2OS/c1-9-6-10(2)13(11(3)7-9)16-14(18)12-8-19-15(4,5)17-12/h6-7,12,17H,8H2,1-5H3,(H,16,18)/t12-/m0/s1. The molecule has 1 aliphatic heterocycles. The molecule has 1 atom stereocenters. The predicted molar refractivity (Wildman–Crippen MR) is 82.7 cm³/mol. The van der Waals surface area contributed by atoms with Crippen molar-refractivity contribution in [3.8, 4) is 0 Å². The molecule has 0 unspecified atom stereocenters. The quantitative estimate of drug-likeness (QED) is 0.874. The lowest BCUT2D eigenvalue weighted by molar-refractivity contribution is -0.117. The molecule has 2 N–H and O–H groups in total. The highest BCUT2D eigenvalue weighted by atomic mass is 32.2. The number of benzene rings is 1. The number of hydrogen-bond donors (Lipinski definition) is 2. The number of amides is 1. The Morgan fingerprint density at radius 1 is 1.32 bits per heavy atom. The van der Waals surface area contributed by atoms with Crippen LogP contribution >= 0.6 is 11.8 Å². The fraction of sp³-hybridized carbons (Fsp3) is 0.533. The molecule has 2 rings (SSSR count). The Balaban J connectivity index is 2.12. The third-order valence-corrected chi connectivity index (χ3v) is 4.71. The molecule has 0 bridgehead atoms. The van der Waals surface area contributed by atoms with Crippen LogP contribution in [0.25, 0.3) is 0 Å². The largest absolute Gasteiger partial charge is 0.324 e. The zero-order valence-electron chi connectivity index (χ0n) is 12.3. The molecular formula is C15H22N2OS. The summed E-state index contributed by atoms with van der Waals surface area (Å²) in [6.45, 7) is 10.4. The van der Waals surface area contributed by atoms with Gasteiger partial charge in [-0.2, -0.15) is 0 Å². The lowest BCUT2D eigenvalue weighted by Gasteiger charge is -2.19. The number of hydrogen-bond acceptors (Lipinski definition) is 3. The van der Waals surface area contributed by atoms with Gasteiger partial charge in [0.05, 0.1) is 10.9 Å². The first kappa shape index (κ1) is 14.4. The molecule has 1 amide bonds. The first-order valence-corrected chi connectivity index (χ1v) is 7.57. The van der Waals surface area contributed by atoms with Crippen LogP contribution in [0.15, 0.2) is 12.1 Å². The number of aryl methyl sites for hydroxylation is 3. The molecule has 0 spiro atoms. The van der Waals surface area contributed by atoms with Crippen LogP contribution in [-0.2, 0) is 4.79 Å². The highest BCUT2D eigenvalue weighted by molar-refractivity contribution is 8.00. The van der Waals surface area contributed by atoms with Crippen LogP contribution in [0.2, 0.25) is 0 Å². The Morgan fingerprint density at radius 3 is 2.37 bits per heavy atom. The Kier molecular flexibility index (Phi) is 3.92. The predicted octanol–water partition coefficient (Wildman–Crippen LogP) is 2.99. The van der Waals surface area contributed by atoms with Crippen LogP contribution in [0.5, 0.6) is 0 Å². The number of thioether (sulfide) groups is 1. The second kappa shape index (κ2) is 5.17. The van der Waals surface area contributed by atoms with Gasteiger partial charge in [-0.3, -0.25) is 10.1 Å². The monoisotopic (exact) mass is 278 g/mol. The van der Waals surface area contributed by atoms with Crippen molar-refractivity contribution in [2.24, 2.45) is 0 Å². The zero-order valence-corrected chi connectivity index (χ0v) is 13.1. The van der Waals surface area contributed by atoms with E-state index in [2.05, 4.69) is 43.5 Å². The lowest BCUT2D eigenvalue weighted by atomic mass is 10.0. The van der Waals surface area contributed by atoms with Gasteiger partial charge < -0.3 is 5.32 Å². The van der Waals surface area contributed by atoms with Crippen molar-refractivity contribution in [3.05, 3.63) is 28.8 Å². The topological polar surface area (TPSA) is 41.1 Å². The maximum absolute atomic E-state index is 12.3. The van der Waals surface area contributed by atoms with Crippen LogP contribution in [0.3, 0.4) is 0 Å².